The lowest BCUT2D eigenvalue weighted by Gasteiger charge is -2.03. The number of aromatic nitrogens is 1. The van der Waals surface area contributed by atoms with Crippen LogP contribution in [0.1, 0.15) is 16.1 Å². The molecular formula is C19H15ClN2O2S2. The minimum absolute atomic E-state index is 0.0628. The molecule has 0 unspecified atom stereocenters. The Hall–Kier alpha value is -2.15. The van der Waals surface area contributed by atoms with Gasteiger partial charge in [0, 0.05) is 21.7 Å². The van der Waals surface area contributed by atoms with Gasteiger partial charge in [-0.2, -0.15) is 0 Å². The van der Waals surface area contributed by atoms with Crippen LogP contribution in [-0.2, 0) is 11.2 Å². The average molecular weight is 403 g/mol. The van der Waals surface area contributed by atoms with Gasteiger partial charge >= 0.3 is 0 Å². The zero-order valence-electron chi connectivity index (χ0n) is 13.6. The van der Waals surface area contributed by atoms with E-state index in [9.17, 15) is 9.59 Å². The van der Waals surface area contributed by atoms with Crippen molar-refractivity contribution >= 4 is 52.1 Å². The van der Waals surface area contributed by atoms with Crippen molar-refractivity contribution < 1.29 is 9.59 Å². The summed E-state index contributed by atoms with van der Waals surface area (Å²) >= 11 is 8.65. The first kappa shape index (κ1) is 18.6. The summed E-state index contributed by atoms with van der Waals surface area (Å²) in [4.78, 5) is 28.6. The molecule has 7 heteroatoms. The Labute approximate surface area is 164 Å². The fourth-order valence-electron chi connectivity index (χ4n) is 2.17. The summed E-state index contributed by atoms with van der Waals surface area (Å²) in [5.74, 6) is 0.246. The third-order valence-electron chi connectivity index (χ3n) is 3.42. The summed E-state index contributed by atoms with van der Waals surface area (Å²) in [6.07, 6.45) is 0.187. The monoisotopic (exact) mass is 402 g/mol. The first-order chi connectivity index (χ1) is 12.6. The van der Waals surface area contributed by atoms with E-state index in [1.165, 1.54) is 23.1 Å². The number of rotatable bonds is 7. The van der Waals surface area contributed by atoms with Crippen molar-refractivity contribution in [1.82, 2.24) is 4.98 Å². The van der Waals surface area contributed by atoms with E-state index < -0.39 is 0 Å². The molecule has 0 spiro atoms. The second-order valence-corrected chi connectivity index (χ2v) is 7.93. The van der Waals surface area contributed by atoms with Crippen LogP contribution in [0, 0.1) is 0 Å². The molecule has 3 rings (SSSR count). The van der Waals surface area contributed by atoms with Gasteiger partial charge in [-0.3, -0.25) is 9.59 Å². The van der Waals surface area contributed by atoms with Gasteiger partial charge in [0.15, 0.2) is 10.1 Å². The molecule has 4 nitrogen and oxygen atoms in total. The topological polar surface area (TPSA) is 59.1 Å². The number of hydrogen-bond acceptors (Lipinski definition) is 5. The number of amides is 1. The predicted molar refractivity (Wildman–Crippen MR) is 107 cm³/mol. The second kappa shape index (κ2) is 8.98. The lowest BCUT2D eigenvalue weighted by molar-refractivity contribution is -0.115. The lowest BCUT2D eigenvalue weighted by atomic mass is 10.2. The van der Waals surface area contributed by atoms with Crippen LogP contribution in [-0.4, -0.2) is 22.4 Å². The fraction of sp³-hybridized carbons (Fsp3) is 0.105. The van der Waals surface area contributed by atoms with E-state index in [0.29, 0.717) is 27.7 Å². The molecule has 0 fully saturated rings. The number of hydrogen-bond donors (Lipinski definition) is 1. The van der Waals surface area contributed by atoms with Crippen molar-refractivity contribution in [3.8, 4) is 0 Å². The number of thiazole rings is 1. The van der Waals surface area contributed by atoms with Gasteiger partial charge in [0.25, 0.3) is 0 Å². The smallest absolute Gasteiger partial charge is 0.230 e. The van der Waals surface area contributed by atoms with Crippen molar-refractivity contribution in [2.45, 2.75) is 10.8 Å². The third kappa shape index (κ3) is 5.42. The van der Waals surface area contributed by atoms with Gasteiger partial charge in [-0.1, -0.05) is 53.7 Å². The van der Waals surface area contributed by atoms with Crippen molar-refractivity contribution in [3.63, 3.8) is 0 Å². The summed E-state index contributed by atoms with van der Waals surface area (Å²) < 4.78 is 0.781. The number of nitrogens with one attached hydrogen (secondary N) is 1. The van der Waals surface area contributed by atoms with Gasteiger partial charge in [-0.25, -0.2) is 4.98 Å². The summed E-state index contributed by atoms with van der Waals surface area (Å²) in [6, 6.07) is 16.1. The summed E-state index contributed by atoms with van der Waals surface area (Å²) in [5.41, 5.74) is 2.08. The molecule has 3 aromatic rings. The van der Waals surface area contributed by atoms with Gasteiger partial charge in [-0.15, -0.1) is 11.3 Å². The molecule has 26 heavy (non-hydrogen) atoms. The largest absolute Gasteiger partial charge is 0.326 e. The second-order valence-electron chi connectivity index (χ2n) is 5.41. The first-order valence-electron chi connectivity index (χ1n) is 7.81. The van der Waals surface area contributed by atoms with E-state index in [-0.39, 0.29) is 18.1 Å². The van der Waals surface area contributed by atoms with Gasteiger partial charge in [0.05, 0.1) is 17.9 Å². The van der Waals surface area contributed by atoms with Crippen molar-refractivity contribution in [2.75, 3.05) is 11.1 Å². The minimum atomic E-state index is -0.144. The molecule has 0 saturated carbocycles. The molecule has 0 radical (unpaired) electrons. The van der Waals surface area contributed by atoms with Gasteiger partial charge < -0.3 is 5.32 Å². The highest BCUT2D eigenvalue weighted by Crippen LogP contribution is 2.24. The van der Waals surface area contributed by atoms with E-state index in [1.807, 2.05) is 23.6 Å². The summed E-state index contributed by atoms with van der Waals surface area (Å²) in [6.45, 7) is 0. The van der Waals surface area contributed by atoms with Crippen LogP contribution < -0.4 is 5.32 Å². The summed E-state index contributed by atoms with van der Waals surface area (Å²) in [7, 11) is 0. The third-order valence-corrected chi connectivity index (χ3v) is 5.74. The van der Waals surface area contributed by atoms with Gasteiger partial charge in [0.1, 0.15) is 0 Å². The molecule has 0 aliphatic carbocycles. The molecule has 2 aromatic carbocycles. The first-order valence-corrected chi connectivity index (χ1v) is 10.1. The molecule has 0 aliphatic heterocycles. The molecule has 1 heterocycles. The van der Waals surface area contributed by atoms with Crippen molar-refractivity contribution in [1.29, 1.82) is 0 Å². The minimum Gasteiger partial charge on any atom is -0.326 e. The van der Waals surface area contributed by atoms with Crippen LogP contribution in [0.25, 0.3) is 0 Å². The highest BCUT2D eigenvalue weighted by molar-refractivity contribution is 8.01. The Kier molecular flexibility index (Phi) is 6.44. The number of carbonyl (C=O) groups is 2. The maximum absolute atomic E-state index is 12.1. The van der Waals surface area contributed by atoms with Crippen LogP contribution in [0.3, 0.4) is 0 Å². The molecule has 0 saturated heterocycles. The molecule has 0 aliphatic rings. The number of Topliss-reactive ketones (excluding diaryl/α,β-unsaturated/α-hetero) is 1. The van der Waals surface area contributed by atoms with E-state index in [4.69, 9.17) is 11.6 Å². The number of nitrogens with zero attached hydrogens (tertiary/aromatic N) is 1. The molecule has 1 N–H and O–H groups in total. The Morgan fingerprint density at radius 1 is 1.08 bits per heavy atom. The number of thioether (sulfide) groups is 1. The van der Waals surface area contributed by atoms with E-state index in [1.54, 1.807) is 36.4 Å². The molecule has 1 amide bonds. The van der Waals surface area contributed by atoms with Crippen molar-refractivity contribution in [3.05, 3.63) is 76.3 Å². The number of halogens is 1. The molecule has 132 valence electrons. The number of anilines is 1. The van der Waals surface area contributed by atoms with E-state index in [0.717, 1.165) is 4.34 Å². The lowest BCUT2D eigenvalue weighted by Crippen LogP contribution is -2.14. The van der Waals surface area contributed by atoms with Crippen LogP contribution in [0.4, 0.5) is 5.69 Å². The van der Waals surface area contributed by atoms with Crippen LogP contribution >= 0.6 is 34.7 Å². The quantitative estimate of drug-likeness (QED) is 0.448. The molecule has 1 aromatic heterocycles. The summed E-state index contributed by atoms with van der Waals surface area (Å²) in [5, 5.41) is 5.27. The van der Waals surface area contributed by atoms with Crippen LogP contribution in [0.2, 0.25) is 5.02 Å². The van der Waals surface area contributed by atoms with E-state index in [2.05, 4.69) is 10.3 Å². The number of benzene rings is 2. The average Bonchev–Trinajstić information content (AvgIpc) is 3.09. The molecule has 0 atom stereocenters. The number of ketones is 1. The highest BCUT2D eigenvalue weighted by atomic mass is 35.5. The van der Waals surface area contributed by atoms with Gasteiger partial charge in [0.2, 0.25) is 5.91 Å². The molecular weight excluding hydrogens is 388 g/mol. The normalized spacial score (nSPS) is 10.5. The Morgan fingerprint density at radius 3 is 2.54 bits per heavy atom. The standard InChI is InChI=1S/C19H15ClN2O2S2/c20-14-6-8-15(9-7-14)21-18(24)10-16-11-25-19(22-16)26-12-17(23)13-4-2-1-3-5-13/h1-9,11H,10,12H2,(H,21,24). The predicted octanol–water partition coefficient (Wildman–Crippen LogP) is 4.95. The van der Waals surface area contributed by atoms with Crippen LogP contribution in [0.15, 0.2) is 64.3 Å². The Balaban J connectivity index is 1.50. The van der Waals surface area contributed by atoms with Crippen LogP contribution in [0.5, 0.6) is 0 Å². The Bertz CT molecular complexity index is 895. The van der Waals surface area contributed by atoms with Crippen molar-refractivity contribution in [2.24, 2.45) is 0 Å². The number of carbonyl (C=O) groups excluding carboxylic acids is 2. The maximum atomic E-state index is 12.1. The van der Waals surface area contributed by atoms with E-state index >= 15 is 0 Å². The maximum Gasteiger partial charge on any atom is 0.230 e. The van der Waals surface area contributed by atoms with Gasteiger partial charge in [-0.05, 0) is 24.3 Å². The SMILES string of the molecule is O=C(Cc1csc(SCC(=O)c2ccccc2)n1)Nc1ccc(Cl)cc1. The Morgan fingerprint density at radius 2 is 1.81 bits per heavy atom. The molecule has 0 bridgehead atoms. The zero-order valence-corrected chi connectivity index (χ0v) is 16.0. The fourth-order valence-corrected chi connectivity index (χ4v) is 4.04. The highest BCUT2D eigenvalue weighted by Gasteiger charge is 2.11. The zero-order chi connectivity index (χ0) is 18.4.